The lowest BCUT2D eigenvalue weighted by atomic mass is 10.0. The number of hydrogen-bond donors (Lipinski definition) is 2. The van der Waals surface area contributed by atoms with Gasteiger partial charge in [-0.15, -0.1) is 0 Å². The number of halogens is 1. The fourth-order valence-electron chi connectivity index (χ4n) is 4.21. The molecule has 0 spiro atoms. The predicted molar refractivity (Wildman–Crippen MR) is 131 cm³/mol. The quantitative estimate of drug-likeness (QED) is 0.433. The van der Waals surface area contributed by atoms with E-state index in [9.17, 15) is 9.18 Å². The Morgan fingerprint density at radius 3 is 2.69 bits per heavy atom. The number of aryl methyl sites for hydroxylation is 1. The summed E-state index contributed by atoms with van der Waals surface area (Å²) in [5.74, 6) is 0.324. The minimum absolute atomic E-state index is 0.211. The van der Waals surface area contributed by atoms with Crippen LogP contribution in [0.15, 0.2) is 42.7 Å². The summed E-state index contributed by atoms with van der Waals surface area (Å²) in [6, 6.07) is 8.91. The van der Waals surface area contributed by atoms with Gasteiger partial charge in [0.15, 0.2) is 5.65 Å². The highest BCUT2D eigenvalue weighted by atomic mass is 19.1. The Morgan fingerprint density at radius 2 is 1.94 bits per heavy atom. The minimum Gasteiger partial charge on any atom is -0.473 e. The molecule has 1 aromatic carbocycles. The third-order valence-corrected chi connectivity index (χ3v) is 6.32. The summed E-state index contributed by atoms with van der Waals surface area (Å²) < 4.78 is 21.8. The zero-order chi connectivity index (χ0) is 24.9. The van der Waals surface area contributed by atoms with Crippen LogP contribution in [-0.2, 0) is 0 Å². The molecule has 2 unspecified atom stereocenters. The molecule has 0 saturated heterocycles. The van der Waals surface area contributed by atoms with Gasteiger partial charge in [-0.2, -0.15) is 9.61 Å². The molecule has 1 amide bonds. The first-order valence-corrected chi connectivity index (χ1v) is 11.3. The standard InChI is InChI=1S/C25H26FN7O2/c1-13-5-7-16(8-6-13)20-21(27)33-22-19(12-30-33)24(34)28-10-14(2)35-25-18(9-17(26)11-29-25)15(3)32(4)23(20)31-22/h5-9,11-12,14-15H,10,27H2,1-4H3,(H,28,34). The molecule has 0 fully saturated rings. The number of nitrogens with one attached hydrogen (secondary N) is 1. The topological polar surface area (TPSA) is 111 Å². The van der Waals surface area contributed by atoms with Crippen LogP contribution in [-0.4, -0.2) is 45.2 Å². The van der Waals surface area contributed by atoms with Crippen LogP contribution in [0.25, 0.3) is 16.8 Å². The van der Waals surface area contributed by atoms with Gasteiger partial charge in [-0.1, -0.05) is 29.8 Å². The van der Waals surface area contributed by atoms with Crippen molar-refractivity contribution in [3.05, 3.63) is 65.2 Å². The second-order valence-electron chi connectivity index (χ2n) is 8.83. The van der Waals surface area contributed by atoms with Crippen LogP contribution in [0.2, 0.25) is 0 Å². The second-order valence-corrected chi connectivity index (χ2v) is 8.83. The van der Waals surface area contributed by atoms with E-state index in [1.54, 1.807) is 0 Å². The predicted octanol–water partition coefficient (Wildman–Crippen LogP) is 3.53. The highest BCUT2D eigenvalue weighted by molar-refractivity contribution is 6.01. The highest BCUT2D eigenvalue weighted by Crippen LogP contribution is 2.39. The molecule has 5 rings (SSSR count). The molecule has 4 heterocycles. The molecule has 4 aromatic rings. The van der Waals surface area contributed by atoms with Gasteiger partial charge < -0.3 is 20.7 Å². The molecule has 180 valence electrons. The van der Waals surface area contributed by atoms with Crippen LogP contribution >= 0.6 is 0 Å². The number of rotatable bonds is 1. The van der Waals surface area contributed by atoms with Gasteiger partial charge >= 0.3 is 0 Å². The van der Waals surface area contributed by atoms with E-state index in [0.717, 1.165) is 17.3 Å². The van der Waals surface area contributed by atoms with Crippen LogP contribution < -0.4 is 20.7 Å². The van der Waals surface area contributed by atoms with E-state index in [2.05, 4.69) is 15.4 Å². The second kappa shape index (κ2) is 8.53. The van der Waals surface area contributed by atoms with Crippen LogP contribution in [0.1, 0.15) is 41.4 Å². The average Bonchev–Trinajstić information content (AvgIpc) is 3.27. The van der Waals surface area contributed by atoms with E-state index in [1.807, 2.05) is 57.0 Å². The number of carbonyl (C=O) groups excluding carboxylic acids is 1. The number of fused-ring (bicyclic) bond motifs is 2. The van der Waals surface area contributed by atoms with E-state index in [1.165, 1.54) is 16.8 Å². The summed E-state index contributed by atoms with van der Waals surface area (Å²) in [7, 11) is 1.84. The number of ether oxygens (including phenoxy) is 1. The first kappa shape index (κ1) is 22.6. The van der Waals surface area contributed by atoms with Crippen molar-refractivity contribution in [2.24, 2.45) is 0 Å². The van der Waals surface area contributed by atoms with Gasteiger partial charge in [0.25, 0.3) is 5.91 Å². The summed E-state index contributed by atoms with van der Waals surface area (Å²) in [6.45, 7) is 5.93. The summed E-state index contributed by atoms with van der Waals surface area (Å²) in [4.78, 5) is 23.9. The molecule has 9 nitrogen and oxygen atoms in total. The lowest BCUT2D eigenvalue weighted by molar-refractivity contribution is 0.0932. The molecule has 35 heavy (non-hydrogen) atoms. The molecule has 2 atom stereocenters. The Bertz CT molecular complexity index is 1430. The molecule has 1 aliphatic rings. The fourth-order valence-corrected chi connectivity index (χ4v) is 4.21. The number of amides is 1. The van der Waals surface area contributed by atoms with Crippen molar-refractivity contribution < 1.29 is 13.9 Å². The zero-order valence-corrected chi connectivity index (χ0v) is 19.9. The number of benzene rings is 1. The minimum atomic E-state index is -0.474. The van der Waals surface area contributed by atoms with Gasteiger partial charge in [-0.05, 0) is 32.4 Å². The molecule has 3 N–H and O–H groups in total. The number of nitrogen functional groups attached to an aromatic ring is 1. The van der Waals surface area contributed by atoms with Gasteiger partial charge in [-0.25, -0.2) is 14.4 Å². The third-order valence-electron chi connectivity index (χ3n) is 6.32. The number of aromatic nitrogens is 4. The molecular formula is C25H26FN7O2. The molecular weight excluding hydrogens is 449 g/mol. The van der Waals surface area contributed by atoms with Crippen molar-refractivity contribution in [3.63, 3.8) is 0 Å². The van der Waals surface area contributed by atoms with Gasteiger partial charge in [0.1, 0.15) is 29.1 Å². The number of carbonyl (C=O) groups is 1. The Kier molecular flexibility index (Phi) is 5.50. The molecule has 1 aliphatic heterocycles. The maximum Gasteiger partial charge on any atom is 0.256 e. The first-order valence-electron chi connectivity index (χ1n) is 11.3. The maximum absolute atomic E-state index is 14.3. The van der Waals surface area contributed by atoms with E-state index < -0.39 is 18.0 Å². The zero-order valence-electron chi connectivity index (χ0n) is 19.9. The van der Waals surface area contributed by atoms with Crippen LogP contribution in [0.3, 0.4) is 0 Å². The Balaban J connectivity index is 1.79. The van der Waals surface area contributed by atoms with Crippen LogP contribution in [0, 0.1) is 12.7 Å². The highest BCUT2D eigenvalue weighted by Gasteiger charge is 2.28. The molecule has 3 aromatic heterocycles. The Labute approximate surface area is 201 Å². The largest absolute Gasteiger partial charge is 0.473 e. The van der Waals surface area contributed by atoms with Crippen molar-refractivity contribution >= 4 is 23.2 Å². The van der Waals surface area contributed by atoms with Crippen molar-refractivity contribution in [2.75, 3.05) is 24.2 Å². The molecule has 0 saturated carbocycles. The van der Waals surface area contributed by atoms with Crippen LogP contribution in [0.5, 0.6) is 5.88 Å². The number of anilines is 2. The van der Waals surface area contributed by atoms with E-state index in [0.29, 0.717) is 39.9 Å². The van der Waals surface area contributed by atoms with Crippen molar-refractivity contribution in [1.82, 2.24) is 24.9 Å². The lowest BCUT2D eigenvalue weighted by Crippen LogP contribution is -2.34. The van der Waals surface area contributed by atoms with E-state index in [4.69, 9.17) is 15.5 Å². The SMILES string of the molecule is Cc1ccc(-c2c3nc4c(cnn4c2N)C(=O)NCC(C)Oc2ncc(F)cc2C(C)N3C)cc1. The number of nitrogens with two attached hydrogens (primary N) is 1. The number of nitrogens with zero attached hydrogens (tertiary/aromatic N) is 5. The smallest absolute Gasteiger partial charge is 0.256 e. The first-order chi connectivity index (χ1) is 16.7. The summed E-state index contributed by atoms with van der Waals surface area (Å²) >= 11 is 0. The Morgan fingerprint density at radius 1 is 1.20 bits per heavy atom. The Hall–Kier alpha value is -4.21. The van der Waals surface area contributed by atoms with Crippen molar-refractivity contribution in [3.8, 4) is 17.0 Å². The molecule has 0 radical (unpaired) electrons. The third kappa shape index (κ3) is 3.90. The lowest BCUT2D eigenvalue weighted by Gasteiger charge is -2.30. The van der Waals surface area contributed by atoms with Crippen molar-refractivity contribution in [1.29, 1.82) is 0 Å². The van der Waals surface area contributed by atoms with Gasteiger partial charge in [0.05, 0.1) is 30.5 Å². The fraction of sp³-hybridized carbons (Fsp3) is 0.280. The summed E-state index contributed by atoms with van der Waals surface area (Å²) in [6.07, 6.45) is 2.16. The van der Waals surface area contributed by atoms with Gasteiger partial charge in [-0.3, -0.25) is 4.79 Å². The maximum atomic E-state index is 14.3. The molecule has 0 aliphatic carbocycles. The number of pyridine rings is 1. The van der Waals surface area contributed by atoms with E-state index in [-0.39, 0.29) is 12.5 Å². The molecule has 2 bridgehead atoms. The van der Waals surface area contributed by atoms with Gasteiger partial charge in [0, 0.05) is 12.6 Å². The molecule has 10 heteroatoms. The summed E-state index contributed by atoms with van der Waals surface area (Å²) in [5, 5.41) is 7.20. The van der Waals surface area contributed by atoms with Crippen LogP contribution in [0.4, 0.5) is 16.0 Å². The monoisotopic (exact) mass is 475 g/mol. The normalized spacial score (nSPS) is 18.3. The van der Waals surface area contributed by atoms with Crippen molar-refractivity contribution in [2.45, 2.75) is 32.9 Å². The number of hydrogen-bond acceptors (Lipinski definition) is 7. The van der Waals surface area contributed by atoms with Gasteiger partial charge in [0.2, 0.25) is 5.88 Å². The average molecular weight is 476 g/mol. The van der Waals surface area contributed by atoms with E-state index >= 15 is 0 Å². The summed E-state index contributed by atoms with van der Waals surface area (Å²) in [5.41, 5.74) is 10.4.